The number of hydrogen-bond donors (Lipinski definition) is 2. The van der Waals surface area contributed by atoms with Crippen LogP contribution in [0.15, 0.2) is 24.3 Å². The van der Waals surface area contributed by atoms with E-state index in [0.29, 0.717) is 18.0 Å². The van der Waals surface area contributed by atoms with Crippen molar-refractivity contribution in [3.63, 3.8) is 0 Å². The lowest BCUT2D eigenvalue weighted by Crippen LogP contribution is -2.24. The predicted octanol–water partition coefficient (Wildman–Crippen LogP) is 1.61. The summed E-state index contributed by atoms with van der Waals surface area (Å²) in [6.07, 6.45) is 1.73. The topological polar surface area (TPSA) is 65.3 Å². The van der Waals surface area contributed by atoms with E-state index in [2.05, 4.69) is 11.4 Å². The van der Waals surface area contributed by atoms with E-state index in [0.717, 1.165) is 38.2 Å². The predicted molar refractivity (Wildman–Crippen MR) is 72.5 cm³/mol. The molecule has 2 atom stereocenters. The summed E-state index contributed by atoms with van der Waals surface area (Å²) in [6.45, 7) is 3.21. The molecule has 1 aliphatic rings. The van der Waals surface area contributed by atoms with Gasteiger partial charge in [0.05, 0.1) is 17.7 Å². The molecule has 102 valence electrons. The summed E-state index contributed by atoms with van der Waals surface area (Å²) in [5.74, 6) is 0.666. The molecule has 1 saturated heterocycles. The average molecular weight is 260 g/mol. The Morgan fingerprint density at radius 2 is 2.21 bits per heavy atom. The summed E-state index contributed by atoms with van der Waals surface area (Å²) < 4.78 is 5.32. The molecule has 1 aromatic rings. The first-order chi connectivity index (χ1) is 9.29. The van der Waals surface area contributed by atoms with Crippen LogP contribution in [-0.4, -0.2) is 31.4 Å². The van der Waals surface area contributed by atoms with E-state index in [1.54, 1.807) is 24.3 Å². The maximum absolute atomic E-state index is 10.0. The third-order valence-corrected chi connectivity index (χ3v) is 3.52. The highest BCUT2D eigenvalue weighted by atomic mass is 16.5. The van der Waals surface area contributed by atoms with Gasteiger partial charge >= 0.3 is 0 Å². The SMILES string of the molecule is N#Cc1ccc(C(O)CNCCC2CCOC2)cc1. The van der Waals surface area contributed by atoms with E-state index >= 15 is 0 Å². The third-order valence-electron chi connectivity index (χ3n) is 3.52. The molecule has 1 aliphatic heterocycles. The van der Waals surface area contributed by atoms with Gasteiger partial charge in [-0.2, -0.15) is 5.26 Å². The molecule has 0 saturated carbocycles. The van der Waals surface area contributed by atoms with Crippen molar-refractivity contribution >= 4 is 0 Å². The average Bonchev–Trinajstić information content (AvgIpc) is 2.96. The van der Waals surface area contributed by atoms with Crippen LogP contribution in [0.25, 0.3) is 0 Å². The van der Waals surface area contributed by atoms with Gasteiger partial charge in [0.1, 0.15) is 0 Å². The molecule has 4 heteroatoms. The number of nitrogens with one attached hydrogen (secondary N) is 1. The molecule has 4 nitrogen and oxygen atoms in total. The lowest BCUT2D eigenvalue weighted by Gasteiger charge is -2.13. The van der Waals surface area contributed by atoms with E-state index in [-0.39, 0.29) is 0 Å². The quantitative estimate of drug-likeness (QED) is 0.763. The monoisotopic (exact) mass is 260 g/mol. The Kier molecular flexibility index (Phi) is 5.34. The first-order valence-corrected chi connectivity index (χ1v) is 6.76. The fraction of sp³-hybridized carbons (Fsp3) is 0.533. The fourth-order valence-corrected chi connectivity index (χ4v) is 2.25. The van der Waals surface area contributed by atoms with Gasteiger partial charge in [-0.3, -0.25) is 0 Å². The van der Waals surface area contributed by atoms with E-state index < -0.39 is 6.10 Å². The lowest BCUT2D eigenvalue weighted by atomic mass is 10.0. The van der Waals surface area contributed by atoms with Crippen LogP contribution < -0.4 is 5.32 Å². The molecule has 0 aromatic heterocycles. The Hall–Kier alpha value is -1.41. The molecule has 2 unspecified atom stereocenters. The first-order valence-electron chi connectivity index (χ1n) is 6.76. The van der Waals surface area contributed by atoms with Gasteiger partial charge in [-0.25, -0.2) is 0 Å². The van der Waals surface area contributed by atoms with Crippen molar-refractivity contribution in [3.8, 4) is 6.07 Å². The smallest absolute Gasteiger partial charge is 0.0991 e. The molecular formula is C15H20N2O2. The number of nitrogens with zero attached hydrogens (tertiary/aromatic N) is 1. The molecule has 2 N–H and O–H groups in total. The normalized spacial score (nSPS) is 20.1. The highest BCUT2D eigenvalue weighted by molar-refractivity contribution is 5.32. The fourth-order valence-electron chi connectivity index (χ4n) is 2.25. The summed E-state index contributed by atoms with van der Waals surface area (Å²) in [7, 11) is 0. The molecule has 0 aliphatic carbocycles. The van der Waals surface area contributed by atoms with Crippen LogP contribution in [0.4, 0.5) is 0 Å². The zero-order chi connectivity index (χ0) is 13.5. The second kappa shape index (κ2) is 7.25. The van der Waals surface area contributed by atoms with Gasteiger partial charge in [-0.15, -0.1) is 0 Å². The van der Waals surface area contributed by atoms with E-state index in [4.69, 9.17) is 10.00 Å². The minimum atomic E-state index is -0.521. The Labute approximate surface area is 114 Å². The molecule has 1 fully saturated rings. The largest absolute Gasteiger partial charge is 0.387 e. The third kappa shape index (κ3) is 4.32. The maximum Gasteiger partial charge on any atom is 0.0991 e. The molecule has 19 heavy (non-hydrogen) atoms. The summed E-state index contributed by atoms with van der Waals surface area (Å²) >= 11 is 0. The molecule has 1 aromatic carbocycles. The molecule has 2 rings (SSSR count). The number of nitriles is 1. The van der Waals surface area contributed by atoms with Crippen molar-refractivity contribution in [2.45, 2.75) is 18.9 Å². The summed E-state index contributed by atoms with van der Waals surface area (Å²) in [6, 6.07) is 9.13. The molecule has 0 bridgehead atoms. The van der Waals surface area contributed by atoms with Gasteiger partial charge in [-0.05, 0) is 43.0 Å². The number of hydrogen-bond acceptors (Lipinski definition) is 4. The van der Waals surface area contributed by atoms with Gasteiger partial charge in [0.25, 0.3) is 0 Å². The number of aliphatic hydroxyl groups excluding tert-OH is 1. The molecular weight excluding hydrogens is 240 g/mol. The zero-order valence-corrected chi connectivity index (χ0v) is 11.0. The van der Waals surface area contributed by atoms with Crippen LogP contribution in [0.3, 0.4) is 0 Å². The number of aliphatic hydroxyl groups is 1. The second-order valence-electron chi connectivity index (χ2n) is 4.97. The van der Waals surface area contributed by atoms with Crippen LogP contribution in [-0.2, 0) is 4.74 Å². The van der Waals surface area contributed by atoms with Crippen molar-refractivity contribution < 1.29 is 9.84 Å². The van der Waals surface area contributed by atoms with Gasteiger partial charge in [0, 0.05) is 19.8 Å². The van der Waals surface area contributed by atoms with Crippen LogP contribution in [0.5, 0.6) is 0 Å². The van der Waals surface area contributed by atoms with Crippen molar-refractivity contribution in [2.75, 3.05) is 26.3 Å². The Morgan fingerprint density at radius 3 is 2.84 bits per heavy atom. The Balaban J connectivity index is 1.68. The highest BCUT2D eigenvalue weighted by Gasteiger charge is 2.15. The Morgan fingerprint density at radius 1 is 1.42 bits per heavy atom. The van der Waals surface area contributed by atoms with Crippen LogP contribution in [0.2, 0.25) is 0 Å². The van der Waals surface area contributed by atoms with Crippen LogP contribution >= 0.6 is 0 Å². The van der Waals surface area contributed by atoms with Crippen molar-refractivity contribution in [3.05, 3.63) is 35.4 Å². The van der Waals surface area contributed by atoms with Crippen LogP contribution in [0, 0.1) is 17.2 Å². The van der Waals surface area contributed by atoms with Gasteiger partial charge in [-0.1, -0.05) is 12.1 Å². The molecule has 0 spiro atoms. The van der Waals surface area contributed by atoms with E-state index in [9.17, 15) is 5.11 Å². The van der Waals surface area contributed by atoms with Crippen molar-refractivity contribution in [1.29, 1.82) is 5.26 Å². The first kappa shape index (κ1) is 14.0. The van der Waals surface area contributed by atoms with Gasteiger partial charge < -0.3 is 15.2 Å². The standard InChI is InChI=1S/C15H20N2O2/c16-9-12-1-3-14(4-2-12)15(18)10-17-7-5-13-6-8-19-11-13/h1-4,13,15,17-18H,5-8,10-11H2. The maximum atomic E-state index is 10.0. The highest BCUT2D eigenvalue weighted by Crippen LogP contribution is 2.16. The second-order valence-corrected chi connectivity index (χ2v) is 4.97. The van der Waals surface area contributed by atoms with Gasteiger partial charge in [0.2, 0.25) is 0 Å². The van der Waals surface area contributed by atoms with Gasteiger partial charge in [0.15, 0.2) is 0 Å². The summed E-state index contributed by atoms with van der Waals surface area (Å²) in [5, 5.41) is 22.0. The van der Waals surface area contributed by atoms with Crippen molar-refractivity contribution in [2.24, 2.45) is 5.92 Å². The molecule has 0 amide bonds. The number of ether oxygens (including phenoxy) is 1. The summed E-state index contributed by atoms with van der Waals surface area (Å²) in [5.41, 5.74) is 1.46. The summed E-state index contributed by atoms with van der Waals surface area (Å²) in [4.78, 5) is 0. The molecule has 0 radical (unpaired) electrons. The lowest BCUT2D eigenvalue weighted by molar-refractivity contribution is 0.171. The zero-order valence-electron chi connectivity index (χ0n) is 11.0. The minimum Gasteiger partial charge on any atom is -0.387 e. The Bertz CT molecular complexity index is 419. The van der Waals surface area contributed by atoms with E-state index in [1.807, 2.05) is 0 Å². The van der Waals surface area contributed by atoms with E-state index in [1.165, 1.54) is 0 Å². The molecule has 1 heterocycles. The number of rotatable bonds is 6. The van der Waals surface area contributed by atoms with Crippen LogP contribution in [0.1, 0.15) is 30.1 Å². The number of benzene rings is 1. The minimum absolute atomic E-state index is 0.521. The van der Waals surface area contributed by atoms with Crippen molar-refractivity contribution in [1.82, 2.24) is 5.32 Å².